The van der Waals surface area contributed by atoms with Crippen LogP contribution in [-0.4, -0.2) is 43.9 Å². The van der Waals surface area contributed by atoms with Crippen LogP contribution < -0.4 is 10.6 Å². The van der Waals surface area contributed by atoms with Crippen molar-refractivity contribution in [3.63, 3.8) is 0 Å². The topological polar surface area (TPSA) is 50.4 Å². The first kappa shape index (κ1) is 15.8. The summed E-state index contributed by atoms with van der Waals surface area (Å²) >= 11 is 0. The van der Waals surface area contributed by atoms with Gasteiger partial charge in [-0.05, 0) is 5.56 Å². The van der Waals surface area contributed by atoms with Gasteiger partial charge in [0.1, 0.15) is 12.1 Å². The van der Waals surface area contributed by atoms with Gasteiger partial charge in [0.15, 0.2) is 0 Å². The third-order valence-corrected chi connectivity index (χ3v) is 3.23. The Labute approximate surface area is 120 Å². The highest BCUT2D eigenvalue weighted by Gasteiger charge is 2.41. The molecule has 1 amide bonds. The molecule has 7 heteroatoms. The fourth-order valence-electron chi connectivity index (χ4n) is 2.10. The van der Waals surface area contributed by atoms with Crippen LogP contribution in [-0.2, 0) is 16.0 Å². The maximum Gasteiger partial charge on any atom is 0.408 e. The van der Waals surface area contributed by atoms with Crippen LogP contribution >= 0.6 is 0 Å². The lowest BCUT2D eigenvalue weighted by molar-refractivity contribution is -0.162. The standard InChI is InChI=1S/C14H17F3N2O2/c15-14(16,17)12(8-10-4-2-1-3-5-10)19-13(20)11-9-21-7-6-18-11/h1-5,11-12,18H,6-9H2,(H,19,20). The summed E-state index contributed by atoms with van der Waals surface area (Å²) in [4.78, 5) is 11.9. The van der Waals surface area contributed by atoms with Crippen LogP contribution in [0.2, 0.25) is 0 Å². The van der Waals surface area contributed by atoms with E-state index in [0.717, 1.165) is 0 Å². The second-order valence-corrected chi connectivity index (χ2v) is 4.87. The molecule has 1 aliphatic rings. The molecule has 1 aliphatic heterocycles. The zero-order valence-corrected chi connectivity index (χ0v) is 11.3. The molecule has 2 unspecified atom stereocenters. The van der Waals surface area contributed by atoms with Crippen molar-refractivity contribution in [3.8, 4) is 0 Å². The number of carbonyl (C=O) groups excluding carboxylic acids is 1. The third-order valence-electron chi connectivity index (χ3n) is 3.23. The lowest BCUT2D eigenvalue weighted by Crippen LogP contribution is -2.56. The van der Waals surface area contributed by atoms with Gasteiger partial charge in [0.05, 0.1) is 13.2 Å². The lowest BCUT2D eigenvalue weighted by atomic mass is 10.1. The number of hydrogen-bond donors (Lipinski definition) is 2. The van der Waals surface area contributed by atoms with E-state index in [9.17, 15) is 18.0 Å². The number of nitrogens with one attached hydrogen (secondary N) is 2. The van der Waals surface area contributed by atoms with Crippen molar-refractivity contribution in [2.24, 2.45) is 0 Å². The highest BCUT2D eigenvalue weighted by molar-refractivity contribution is 5.82. The molecule has 0 aliphatic carbocycles. The molecule has 0 aromatic heterocycles. The fraction of sp³-hybridized carbons (Fsp3) is 0.500. The molecule has 2 atom stereocenters. The Balaban J connectivity index is 2.01. The molecule has 0 radical (unpaired) electrons. The Morgan fingerprint density at radius 2 is 2.10 bits per heavy atom. The van der Waals surface area contributed by atoms with E-state index in [-0.39, 0.29) is 13.0 Å². The number of halogens is 3. The minimum absolute atomic E-state index is 0.0851. The monoisotopic (exact) mass is 302 g/mol. The van der Waals surface area contributed by atoms with Gasteiger partial charge < -0.3 is 15.4 Å². The molecule has 0 bridgehead atoms. The maximum absolute atomic E-state index is 13.1. The van der Waals surface area contributed by atoms with E-state index in [2.05, 4.69) is 10.6 Å². The number of ether oxygens (including phenoxy) is 1. The normalized spacial score (nSPS) is 20.8. The van der Waals surface area contributed by atoms with E-state index in [0.29, 0.717) is 18.7 Å². The highest BCUT2D eigenvalue weighted by Crippen LogP contribution is 2.23. The summed E-state index contributed by atoms with van der Waals surface area (Å²) in [6.07, 6.45) is -4.79. The van der Waals surface area contributed by atoms with E-state index < -0.39 is 24.2 Å². The Hall–Kier alpha value is -1.60. The molecule has 2 N–H and O–H groups in total. The molecule has 1 heterocycles. The van der Waals surface area contributed by atoms with Crippen LogP contribution in [0.4, 0.5) is 13.2 Å². The smallest absolute Gasteiger partial charge is 0.378 e. The Kier molecular flexibility index (Phi) is 5.19. The summed E-state index contributed by atoms with van der Waals surface area (Å²) in [6, 6.07) is 5.63. The summed E-state index contributed by atoms with van der Waals surface area (Å²) in [5.74, 6) is -0.687. The zero-order valence-electron chi connectivity index (χ0n) is 11.3. The Morgan fingerprint density at radius 3 is 2.67 bits per heavy atom. The van der Waals surface area contributed by atoms with Crippen LogP contribution in [0.1, 0.15) is 5.56 Å². The number of morpholine rings is 1. The van der Waals surface area contributed by atoms with Crippen LogP contribution in [0, 0.1) is 0 Å². The van der Waals surface area contributed by atoms with Crippen molar-refractivity contribution in [2.45, 2.75) is 24.7 Å². The predicted molar refractivity (Wildman–Crippen MR) is 70.7 cm³/mol. The summed E-state index contributed by atoms with van der Waals surface area (Å²) in [6.45, 7) is 0.992. The van der Waals surface area contributed by atoms with Crippen molar-refractivity contribution in [2.75, 3.05) is 19.8 Å². The van der Waals surface area contributed by atoms with Gasteiger partial charge in [-0.25, -0.2) is 0 Å². The Morgan fingerprint density at radius 1 is 1.38 bits per heavy atom. The van der Waals surface area contributed by atoms with E-state index in [1.807, 2.05) is 0 Å². The summed E-state index contributed by atoms with van der Waals surface area (Å²) < 4.78 is 44.3. The zero-order chi connectivity index (χ0) is 15.3. The van der Waals surface area contributed by atoms with Gasteiger partial charge >= 0.3 is 6.18 Å². The van der Waals surface area contributed by atoms with E-state index in [1.165, 1.54) is 0 Å². The third kappa shape index (κ3) is 4.71. The van der Waals surface area contributed by atoms with Crippen molar-refractivity contribution < 1.29 is 22.7 Å². The first-order chi connectivity index (χ1) is 9.97. The van der Waals surface area contributed by atoms with E-state index >= 15 is 0 Å². The molecule has 1 fully saturated rings. The Bertz CT molecular complexity index is 459. The molecular formula is C14H17F3N2O2. The number of carbonyl (C=O) groups is 1. The van der Waals surface area contributed by atoms with Gasteiger partial charge in [0.25, 0.3) is 0 Å². The highest BCUT2D eigenvalue weighted by atomic mass is 19.4. The number of alkyl halides is 3. The number of benzene rings is 1. The fourth-order valence-corrected chi connectivity index (χ4v) is 2.10. The molecule has 4 nitrogen and oxygen atoms in total. The number of rotatable bonds is 4. The van der Waals surface area contributed by atoms with E-state index in [4.69, 9.17) is 4.74 Å². The largest absolute Gasteiger partial charge is 0.408 e. The van der Waals surface area contributed by atoms with Crippen LogP contribution in [0.5, 0.6) is 0 Å². The van der Waals surface area contributed by atoms with E-state index in [1.54, 1.807) is 30.3 Å². The van der Waals surface area contributed by atoms with Crippen molar-refractivity contribution in [3.05, 3.63) is 35.9 Å². The minimum Gasteiger partial charge on any atom is -0.378 e. The molecule has 116 valence electrons. The van der Waals surface area contributed by atoms with Gasteiger partial charge in [0.2, 0.25) is 5.91 Å². The molecule has 1 aromatic rings. The first-order valence-electron chi connectivity index (χ1n) is 6.69. The molecule has 0 saturated carbocycles. The number of hydrogen-bond acceptors (Lipinski definition) is 3. The van der Waals surface area contributed by atoms with Crippen LogP contribution in [0.3, 0.4) is 0 Å². The average molecular weight is 302 g/mol. The van der Waals surface area contributed by atoms with Gasteiger partial charge in [-0.3, -0.25) is 4.79 Å². The summed E-state index contributed by atoms with van der Waals surface area (Å²) in [5, 5.41) is 4.90. The molecule has 2 rings (SSSR count). The average Bonchev–Trinajstić information content (AvgIpc) is 2.47. The van der Waals surface area contributed by atoms with Crippen molar-refractivity contribution in [1.29, 1.82) is 0 Å². The number of amides is 1. The van der Waals surface area contributed by atoms with Crippen molar-refractivity contribution in [1.82, 2.24) is 10.6 Å². The second-order valence-electron chi connectivity index (χ2n) is 4.87. The van der Waals surface area contributed by atoms with Gasteiger partial charge in [-0.15, -0.1) is 0 Å². The lowest BCUT2D eigenvalue weighted by Gasteiger charge is -2.27. The van der Waals surface area contributed by atoms with Gasteiger partial charge in [-0.2, -0.15) is 13.2 Å². The van der Waals surface area contributed by atoms with Gasteiger partial charge in [0, 0.05) is 13.0 Å². The second kappa shape index (κ2) is 6.91. The van der Waals surface area contributed by atoms with Crippen LogP contribution in [0.25, 0.3) is 0 Å². The molecule has 1 saturated heterocycles. The first-order valence-corrected chi connectivity index (χ1v) is 6.69. The summed E-state index contributed by atoms with van der Waals surface area (Å²) in [5.41, 5.74) is 0.521. The predicted octanol–water partition coefficient (Wildman–Crippen LogP) is 1.26. The molecule has 1 aromatic carbocycles. The quantitative estimate of drug-likeness (QED) is 0.880. The van der Waals surface area contributed by atoms with Gasteiger partial charge in [-0.1, -0.05) is 30.3 Å². The SMILES string of the molecule is O=C(NC(Cc1ccccc1)C(F)(F)F)C1COCCN1. The van der Waals surface area contributed by atoms with Crippen molar-refractivity contribution >= 4 is 5.91 Å². The minimum atomic E-state index is -4.50. The van der Waals surface area contributed by atoms with Crippen LogP contribution in [0.15, 0.2) is 30.3 Å². The maximum atomic E-state index is 13.1. The molecule has 21 heavy (non-hydrogen) atoms. The molecule has 0 spiro atoms. The molecular weight excluding hydrogens is 285 g/mol. The summed E-state index contributed by atoms with van der Waals surface area (Å²) in [7, 11) is 0.